The maximum atomic E-state index is 11.6. The molecule has 0 aliphatic rings. The second-order valence-electron chi connectivity index (χ2n) is 14.4. The van der Waals surface area contributed by atoms with Gasteiger partial charge in [-0.15, -0.1) is 0 Å². The average molecular weight is 925 g/mol. The minimum atomic E-state index is -2.88. The molecule has 61 heavy (non-hydrogen) atoms. The zero-order chi connectivity index (χ0) is 41.5. The first kappa shape index (κ1) is 44.7. The summed E-state index contributed by atoms with van der Waals surface area (Å²) >= 11 is 0. The van der Waals surface area contributed by atoms with Crippen LogP contribution in [0.4, 0.5) is 0 Å². The van der Waals surface area contributed by atoms with Crippen LogP contribution < -0.4 is 46.7 Å². The Labute approximate surface area is 377 Å². The molecule has 0 aliphatic carbocycles. The molecule has 0 fully saturated rings. The van der Waals surface area contributed by atoms with Gasteiger partial charge in [-0.05, 0) is 46.7 Å². The van der Waals surface area contributed by atoms with E-state index in [0.29, 0.717) is 0 Å². The van der Waals surface area contributed by atoms with Gasteiger partial charge in [0.1, 0.15) is 0 Å². The maximum absolute atomic E-state index is 11.6. The summed E-state index contributed by atoms with van der Waals surface area (Å²) in [5.74, 6) is 0. The third kappa shape index (κ3) is 10.2. The molecular formula is C54H48MoO3Si3. The summed E-state index contributed by atoms with van der Waals surface area (Å²) in [6, 6.07) is 89.9. The van der Waals surface area contributed by atoms with Crippen molar-refractivity contribution >= 4 is 71.6 Å². The molecule has 0 saturated heterocycles. The molecule has 0 saturated carbocycles. The monoisotopic (exact) mass is 926 g/mol. The Hall–Kier alpha value is -5.80. The van der Waals surface area contributed by atoms with Crippen LogP contribution in [0.3, 0.4) is 0 Å². The average Bonchev–Trinajstić information content (AvgIpc) is 3.36. The van der Waals surface area contributed by atoms with Crippen LogP contribution in [0.15, 0.2) is 273 Å². The Balaban J connectivity index is 0.000000152. The van der Waals surface area contributed by atoms with Crippen molar-refractivity contribution in [2.75, 3.05) is 0 Å². The molecule has 7 heteroatoms. The first-order valence-electron chi connectivity index (χ1n) is 20.1. The molecule has 300 valence electrons. The van der Waals surface area contributed by atoms with Gasteiger partial charge in [-0.2, -0.15) is 0 Å². The molecular weight excluding hydrogens is 877 g/mol. The Morgan fingerprint density at radius 3 is 0.328 bits per heavy atom. The van der Waals surface area contributed by atoms with Gasteiger partial charge in [-0.3, -0.25) is 0 Å². The van der Waals surface area contributed by atoms with Crippen molar-refractivity contribution < 1.29 is 35.5 Å². The summed E-state index contributed by atoms with van der Waals surface area (Å²) in [5, 5.41) is 9.10. The zero-order valence-electron chi connectivity index (χ0n) is 33.7. The van der Waals surface area contributed by atoms with Crippen LogP contribution in [0.25, 0.3) is 0 Å². The van der Waals surface area contributed by atoms with Crippen LogP contribution in [0.1, 0.15) is 0 Å². The van der Waals surface area contributed by atoms with Crippen molar-refractivity contribution in [3.63, 3.8) is 0 Å². The number of hydrogen-bond donors (Lipinski definition) is 3. The second kappa shape index (κ2) is 21.6. The molecule has 3 nitrogen and oxygen atoms in total. The van der Waals surface area contributed by atoms with E-state index in [1.54, 1.807) is 0 Å². The molecule has 0 unspecified atom stereocenters. The maximum Gasteiger partial charge on any atom is 0.285 e. The van der Waals surface area contributed by atoms with Gasteiger partial charge in [0.2, 0.25) is 0 Å². The van der Waals surface area contributed by atoms with Crippen LogP contribution in [-0.4, -0.2) is 39.3 Å². The van der Waals surface area contributed by atoms with Crippen molar-refractivity contribution in [3.8, 4) is 0 Å². The zero-order valence-corrected chi connectivity index (χ0v) is 38.7. The fraction of sp³-hybridized carbons (Fsp3) is 0. The van der Waals surface area contributed by atoms with E-state index in [2.05, 4.69) is 0 Å². The van der Waals surface area contributed by atoms with Gasteiger partial charge in [0.25, 0.3) is 25.0 Å². The van der Waals surface area contributed by atoms with Gasteiger partial charge in [0, 0.05) is 21.1 Å². The van der Waals surface area contributed by atoms with Gasteiger partial charge in [0.15, 0.2) is 0 Å². The van der Waals surface area contributed by atoms with Gasteiger partial charge < -0.3 is 14.4 Å². The first-order valence-corrected chi connectivity index (χ1v) is 26.0. The first-order chi connectivity index (χ1) is 29.4. The Morgan fingerprint density at radius 2 is 0.246 bits per heavy atom. The quantitative estimate of drug-likeness (QED) is 0.142. The summed E-state index contributed by atoms with van der Waals surface area (Å²) < 4.78 is 0. The standard InChI is InChI=1S/3C18H16OSi.Mo/c3*19-20(16-10-4-1-5-11-16,17-12-6-2-7-13-17)18-14-8-3-9-15-18;/h3*1-15,19H;. The topological polar surface area (TPSA) is 60.7 Å². The molecule has 0 heterocycles. The minimum absolute atomic E-state index is 0. The van der Waals surface area contributed by atoms with Crippen molar-refractivity contribution in [1.29, 1.82) is 0 Å². The van der Waals surface area contributed by atoms with Crippen LogP contribution in [-0.2, 0) is 21.1 Å². The van der Waals surface area contributed by atoms with E-state index in [1.807, 2.05) is 273 Å². The van der Waals surface area contributed by atoms with Crippen LogP contribution in [0.5, 0.6) is 0 Å². The summed E-state index contributed by atoms with van der Waals surface area (Å²) in [7, 11) is -8.63. The molecule has 0 atom stereocenters. The van der Waals surface area contributed by atoms with E-state index in [4.69, 9.17) is 0 Å². The predicted molar refractivity (Wildman–Crippen MR) is 259 cm³/mol. The number of benzene rings is 9. The molecule has 0 radical (unpaired) electrons. The Morgan fingerprint density at radius 1 is 0.164 bits per heavy atom. The molecule has 9 rings (SSSR count). The van der Waals surface area contributed by atoms with Crippen molar-refractivity contribution in [3.05, 3.63) is 273 Å². The van der Waals surface area contributed by atoms with Gasteiger partial charge in [0.05, 0.1) is 0 Å². The molecule has 0 aliphatic heterocycles. The third-order valence-corrected chi connectivity index (χ3v) is 21.2. The van der Waals surface area contributed by atoms with E-state index in [-0.39, 0.29) is 21.1 Å². The smallest absolute Gasteiger partial charge is 0.285 e. The SMILES string of the molecule is O[Si](c1ccccc1)(c1ccccc1)c1ccccc1.O[Si](c1ccccc1)(c1ccccc1)c1ccccc1.O[Si](c1ccccc1)(c1ccccc1)c1ccccc1.[Mo]. The number of hydrogen-bond acceptors (Lipinski definition) is 3. The van der Waals surface area contributed by atoms with Crippen molar-refractivity contribution in [2.24, 2.45) is 0 Å². The summed E-state index contributed by atoms with van der Waals surface area (Å²) in [5.41, 5.74) is 0. The van der Waals surface area contributed by atoms with Gasteiger partial charge in [-0.25, -0.2) is 0 Å². The molecule has 0 amide bonds. The summed E-state index contributed by atoms with van der Waals surface area (Å²) in [6.45, 7) is 0. The Bertz CT molecular complexity index is 2010. The summed E-state index contributed by atoms with van der Waals surface area (Å²) in [6.07, 6.45) is 0. The normalized spacial score (nSPS) is 11.1. The molecule has 3 N–H and O–H groups in total. The molecule has 0 bridgehead atoms. The molecule has 9 aromatic rings. The largest absolute Gasteiger partial charge is 0.421 e. The minimum Gasteiger partial charge on any atom is -0.421 e. The predicted octanol–water partition coefficient (Wildman–Crippen LogP) is 4.93. The van der Waals surface area contributed by atoms with E-state index in [9.17, 15) is 14.4 Å². The summed E-state index contributed by atoms with van der Waals surface area (Å²) in [4.78, 5) is 34.7. The van der Waals surface area contributed by atoms with E-state index < -0.39 is 25.0 Å². The fourth-order valence-electron chi connectivity index (χ4n) is 7.61. The molecule has 0 aromatic heterocycles. The van der Waals surface area contributed by atoms with Crippen molar-refractivity contribution in [1.82, 2.24) is 0 Å². The van der Waals surface area contributed by atoms with Gasteiger partial charge in [-0.1, -0.05) is 273 Å². The second-order valence-corrected chi connectivity index (χ2v) is 23.9. The Kier molecular flexibility index (Phi) is 15.9. The van der Waals surface area contributed by atoms with Crippen LogP contribution in [0, 0.1) is 0 Å². The van der Waals surface area contributed by atoms with Crippen molar-refractivity contribution in [2.45, 2.75) is 0 Å². The van der Waals surface area contributed by atoms with Crippen LogP contribution >= 0.6 is 0 Å². The third-order valence-electron chi connectivity index (χ3n) is 10.7. The van der Waals surface area contributed by atoms with E-state index >= 15 is 0 Å². The molecule has 9 aromatic carbocycles. The molecule has 0 spiro atoms. The van der Waals surface area contributed by atoms with E-state index in [1.165, 1.54) is 0 Å². The fourth-order valence-corrected chi connectivity index (χ4v) is 16.7. The van der Waals surface area contributed by atoms with Crippen LogP contribution in [0.2, 0.25) is 0 Å². The van der Waals surface area contributed by atoms with E-state index in [0.717, 1.165) is 46.7 Å². The van der Waals surface area contributed by atoms with Gasteiger partial charge >= 0.3 is 0 Å². The number of rotatable bonds is 9.